The Morgan fingerprint density at radius 3 is 2.44 bits per heavy atom. The van der Waals surface area contributed by atoms with Crippen LogP contribution in [0.1, 0.15) is 34.1 Å². The quantitative estimate of drug-likeness (QED) is 0.456. The Morgan fingerprint density at radius 1 is 1.31 bits per heavy atom. The Kier molecular flexibility index (Phi) is 7.33. The third-order valence-electron chi connectivity index (χ3n) is 1.77. The maximum absolute atomic E-state index is 11.3. The van der Waals surface area contributed by atoms with E-state index in [4.69, 9.17) is 5.73 Å². The van der Waals surface area contributed by atoms with Crippen molar-refractivity contribution in [2.24, 2.45) is 16.6 Å². The van der Waals surface area contributed by atoms with Crippen molar-refractivity contribution in [2.75, 3.05) is 13.1 Å². The van der Waals surface area contributed by atoms with Gasteiger partial charge in [-0.1, -0.05) is 13.8 Å². The van der Waals surface area contributed by atoms with Crippen LogP contribution in [0.15, 0.2) is 4.99 Å². The molecule has 0 bridgehead atoms. The summed E-state index contributed by atoms with van der Waals surface area (Å²) in [4.78, 5) is 15.4. The second kappa shape index (κ2) is 7.96. The zero-order chi connectivity index (χ0) is 12.6. The number of nitrogens with zero attached hydrogens (tertiary/aromatic N) is 1. The molecule has 0 fully saturated rings. The summed E-state index contributed by atoms with van der Waals surface area (Å²) < 4.78 is 0. The van der Waals surface area contributed by atoms with Gasteiger partial charge in [0, 0.05) is 19.0 Å². The summed E-state index contributed by atoms with van der Waals surface area (Å²) in [6.07, 6.45) is 0.382. The normalized spacial score (nSPS) is 12.0. The molecule has 4 N–H and O–H groups in total. The molecule has 5 nitrogen and oxygen atoms in total. The average molecular weight is 228 g/mol. The molecule has 16 heavy (non-hydrogen) atoms. The first-order chi connectivity index (χ1) is 7.41. The number of guanidine groups is 1. The first kappa shape index (κ1) is 14.7. The number of carbonyl (C=O) groups is 1. The lowest BCUT2D eigenvalue weighted by molar-refractivity contribution is -0.121. The van der Waals surface area contributed by atoms with Crippen molar-refractivity contribution in [3.63, 3.8) is 0 Å². The van der Waals surface area contributed by atoms with Gasteiger partial charge in [-0.15, -0.1) is 0 Å². The summed E-state index contributed by atoms with van der Waals surface area (Å²) in [7, 11) is 0. The Hall–Kier alpha value is -1.26. The second-order valence-electron chi connectivity index (χ2n) is 4.51. The van der Waals surface area contributed by atoms with Crippen molar-refractivity contribution in [1.29, 1.82) is 0 Å². The third kappa shape index (κ3) is 9.30. The first-order valence-electron chi connectivity index (χ1n) is 5.75. The molecule has 0 saturated heterocycles. The molecule has 5 heteroatoms. The number of amides is 1. The monoisotopic (exact) mass is 228 g/mol. The summed E-state index contributed by atoms with van der Waals surface area (Å²) in [5.41, 5.74) is 5.59. The molecule has 1 amide bonds. The summed E-state index contributed by atoms with van der Waals surface area (Å²) in [5, 5.41) is 5.79. The van der Waals surface area contributed by atoms with E-state index in [9.17, 15) is 4.79 Å². The van der Waals surface area contributed by atoms with E-state index in [0.29, 0.717) is 31.4 Å². The number of rotatable bonds is 6. The van der Waals surface area contributed by atoms with Gasteiger partial charge >= 0.3 is 0 Å². The van der Waals surface area contributed by atoms with Crippen molar-refractivity contribution >= 4 is 11.9 Å². The minimum atomic E-state index is 0.0230. The molecule has 0 saturated carbocycles. The highest BCUT2D eigenvalue weighted by molar-refractivity contribution is 5.79. The number of hydrogen-bond acceptors (Lipinski definition) is 2. The molecule has 0 aromatic rings. The minimum absolute atomic E-state index is 0.0230. The van der Waals surface area contributed by atoms with Gasteiger partial charge in [0.25, 0.3) is 0 Å². The Balaban J connectivity index is 3.68. The summed E-state index contributed by atoms with van der Waals surface area (Å²) in [6, 6.07) is 0.263. The van der Waals surface area contributed by atoms with Gasteiger partial charge in [-0.25, -0.2) is 0 Å². The summed E-state index contributed by atoms with van der Waals surface area (Å²) >= 11 is 0. The Bertz CT molecular complexity index is 236. The van der Waals surface area contributed by atoms with Crippen molar-refractivity contribution in [3.05, 3.63) is 0 Å². The summed E-state index contributed by atoms with van der Waals surface area (Å²) in [6.45, 7) is 9.22. The van der Waals surface area contributed by atoms with E-state index in [2.05, 4.69) is 29.5 Å². The molecule has 0 radical (unpaired) electrons. The number of nitrogens with two attached hydrogens (primary N) is 1. The van der Waals surface area contributed by atoms with E-state index in [0.717, 1.165) is 0 Å². The lowest BCUT2D eigenvalue weighted by Crippen LogP contribution is -2.37. The average Bonchev–Trinajstić information content (AvgIpc) is 2.13. The van der Waals surface area contributed by atoms with Crippen molar-refractivity contribution in [1.82, 2.24) is 10.6 Å². The van der Waals surface area contributed by atoms with Crippen LogP contribution < -0.4 is 16.4 Å². The van der Waals surface area contributed by atoms with E-state index < -0.39 is 0 Å². The molecule has 0 heterocycles. The van der Waals surface area contributed by atoms with Gasteiger partial charge in [0.2, 0.25) is 5.91 Å². The van der Waals surface area contributed by atoms with E-state index in [1.54, 1.807) is 0 Å². The van der Waals surface area contributed by atoms with Gasteiger partial charge in [-0.05, 0) is 19.8 Å². The predicted molar refractivity (Wildman–Crippen MR) is 67.2 cm³/mol. The molecule has 0 aliphatic rings. The molecule has 0 spiro atoms. The van der Waals surface area contributed by atoms with Gasteiger partial charge in [0.15, 0.2) is 5.96 Å². The molecular formula is C11H24N4O. The zero-order valence-corrected chi connectivity index (χ0v) is 10.7. The third-order valence-corrected chi connectivity index (χ3v) is 1.77. The van der Waals surface area contributed by atoms with Crippen LogP contribution in [0.2, 0.25) is 0 Å². The van der Waals surface area contributed by atoms with Gasteiger partial charge < -0.3 is 16.4 Å². The maximum Gasteiger partial charge on any atom is 0.221 e. The topological polar surface area (TPSA) is 79.5 Å². The SMILES string of the molecule is CC(C)CNC(=O)CCN=C(N)NC(C)C. The van der Waals surface area contributed by atoms with E-state index in [-0.39, 0.29) is 11.9 Å². The molecule has 0 unspecified atom stereocenters. The fraction of sp³-hybridized carbons (Fsp3) is 0.818. The lowest BCUT2D eigenvalue weighted by atomic mass is 10.2. The molecule has 0 aromatic carbocycles. The molecule has 0 rings (SSSR count). The van der Waals surface area contributed by atoms with Crippen LogP contribution >= 0.6 is 0 Å². The molecule has 0 aliphatic heterocycles. The predicted octanol–water partition coefficient (Wildman–Crippen LogP) is 0.461. The van der Waals surface area contributed by atoms with Crippen molar-refractivity contribution in [2.45, 2.75) is 40.2 Å². The fourth-order valence-corrected chi connectivity index (χ4v) is 1.03. The van der Waals surface area contributed by atoms with Crippen LogP contribution in [0, 0.1) is 5.92 Å². The largest absolute Gasteiger partial charge is 0.370 e. The highest BCUT2D eigenvalue weighted by Crippen LogP contribution is 1.89. The van der Waals surface area contributed by atoms with Crippen LogP contribution in [0.25, 0.3) is 0 Å². The molecule has 0 aromatic heterocycles. The van der Waals surface area contributed by atoms with Gasteiger partial charge in [-0.2, -0.15) is 0 Å². The highest BCUT2D eigenvalue weighted by atomic mass is 16.1. The van der Waals surface area contributed by atoms with Crippen LogP contribution in [0.5, 0.6) is 0 Å². The van der Waals surface area contributed by atoms with Crippen LogP contribution in [0.3, 0.4) is 0 Å². The van der Waals surface area contributed by atoms with E-state index >= 15 is 0 Å². The van der Waals surface area contributed by atoms with Crippen LogP contribution in [-0.4, -0.2) is 31.0 Å². The highest BCUT2D eigenvalue weighted by Gasteiger charge is 2.01. The lowest BCUT2D eigenvalue weighted by Gasteiger charge is -2.09. The molecule has 0 atom stereocenters. The van der Waals surface area contributed by atoms with E-state index in [1.165, 1.54) is 0 Å². The van der Waals surface area contributed by atoms with E-state index in [1.807, 2.05) is 13.8 Å². The van der Waals surface area contributed by atoms with Crippen molar-refractivity contribution in [3.8, 4) is 0 Å². The van der Waals surface area contributed by atoms with Crippen LogP contribution in [-0.2, 0) is 4.79 Å². The molecule has 0 aliphatic carbocycles. The van der Waals surface area contributed by atoms with Crippen LogP contribution in [0.4, 0.5) is 0 Å². The zero-order valence-electron chi connectivity index (χ0n) is 10.7. The Morgan fingerprint density at radius 2 is 1.94 bits per heavy atom. The first-order valence-corrected chi connectivity index (χ1v) is 5.75. The van der Waals surface area contributed by atoms with Gasteiger partial charge in [-0.3, -0.25) is 9.79 Å². The van der Waals surface area contributed by atoms with Crippen molar-refractivity contribution < 1.29 is 4.79 Å². The standard InChI is InChI=1S/C11H24N4O/c1-8(2)7-14-10(16)5-6-13-11(12)15-9(3)4/h8-9H,5-7H2,1-4H3,(H,14,16)(H3,12,13,15). The van der Waals surface area contributed by atoms with Gasteiger partial charge in [0.1, 0.15) is 0 Å². The molecule has 94 valence electrons. The number of hydrogen-bond donors (Lipinski definition) is 3. The number of carbonyl (C=O) groups excluding carboxylic acids is 1. The number of nitrogens with one attached hydrogen (secondary N) is 2. The number of aliphatic imine (C=N–C) groups is 1. The second-order valence-corrected chi connectivity index (χ2v) is 4.51. The maximum atomic E-state index is 11.3. The van der Waals surface area contributed by atoms with Gasteiger partial charge in [0.05, 0.1) is 6.54 Å². The Labute approximate surface area is 97.9 Å². The molecular weight excluding hydrogens is 204 g/mol. The fourth-order valence-electron chi connectivity index (χ4n) is 1.03. The summed E-state index contributed by atoms with van der Waals surface area (Å²) in [5.74, 6) is 0.890. The smallest absolute Gasteiger partial charge is 0.221 e. The minimum Gasteiger partial charge on any atom is -0.370 e.